The van der Waals surface area contributed by atoms with Gasteiger partial charge in [0.25, 0.3) is 10.0 Å². The zero-order valence-corrected chi connectivity index (χ0v) is 19.9. The maximum atomic E-state index is 13.0. The summed E-state index contributed by atoms with van der Waals surface area (Å²) in [6.45, 7) is 4.44. The van der Waals surface area contributed by atoms with E-state index in [0.29, 0.717) is 11.3 Å². The molecule has 0 saturated heterocycles. The molecule has 2 N–H and O–H groups in total. The van der Waals surface area contributed by atoms with E-state index in [-0.39, 0.29) is 16.6 Å². The van der Waals surface area contributed by atoms with Gasteiger partial charge in [-0.25, -0.2) is 8.42 Å². The number of anilines is 1. The van der Waals surface area contributed by atoms with Crippen LogP contribution >= 0.6 is 0 Å². The fraction of sp³-hybridized carbons (Fsp3) is 0.333. The highest BCUT2D eigenvalue weighted by atomic mass is 32.2. The van der Waals surface area contributed by atoms with Crippen LogP contribution in [-0.2, 0) is 27.8 Å². The summed E-state index contributed by atoms with van der Waals surface area (Å²) >= 11 is 0. The number of amidine groups is 1. The second kappa shape index (κ2) is 8.68. The molecule has 1 amide bonds. The van der Waals surface area contributed by atoms with Gasteiger partial charge in [0.15, 0.2) is 5.82 Å². The molecule has 1 aromatic heterocycles. The first-order valence-corrected chi connectivity index (χ1v) is 12.9. The minimum absolute atomic E-state index is 0.164. The number of nitrogens with one attached hydrogen (secondary N) is 2. The molecule has 0 aliphatic carbocycles. The normalized spacial score (nSPS) is 18.5. The molecule has 3 heterocycles. The standard InChI is InChI=1S/C24H26N6O3S/c1-15-11-12-17(23-28-27-21-10-4-3-7-13-30(21)23)14-19(15)26-24(31)16(2)25-22-18-8-5-6-9-20(18)34(32,33)29-22/h5-6,8-9,11-12,14,16H,3-4,7,10,13H2,1-2H3,(H,25,29)(H,26,31)/t16-/m0/s1. The van der Waals surface area contributed by atoms with Crippen molar-refractivity contribution in [1.82, 2.24) is 19.5 Å². The molecule has 3 aromatic rings. The predicted octanol–water partition coefficient (Wildman–Crippen LogP) is 3.05. The van der Waals surface area contributed by atoms with E-state index in [9.17, 15) is 13.2 Å². The zero-order valence-electron chi connectivity index (χ0n) is 19.1. The monoisotopic (exact) mass is 478 g/mol. The number of benzene rings is 2. The van der Waals surface area contributed by atoms with Crippen molar-refractivity contribution in [1.29, 1.82) is 0 Å². The smallest absolute Gasteiger partial charge is 0.263 e. The number of aromatic nitrogens is 3. The highest BCUT2D eigenvalue weighted by Crippen LogP contribution is 2.27. The van der Waals surface area contributed by atoms with Crippen LogP contribution in [-0.4, -0.2) is 41.0 Å². The Labute approximate surface area is 198 Å². The summed E-state index contributed by atoms with van der Waals surface area (Å²) in [5.41, 5.74) is 2.92. The third-order valence-corrected chi connectivity index (χ3v) is 7.63. The second-order valence-electron chi connectivity index (χ2n) is 8.68. The van der Waals surface area contributed by atoms with E-state index in [1.54, 1.807) is 25.1 Å². The maximum Gasteiger partial charge on any atom is 0.263 e. The predicted molar refractivity (Wildman–Crippen MR) is 129 cm³/mol. The lowest BCUT2D eigenvalue weighted by Crippen LogP contribution is -2.29. The number of fused-ring (bicyclic) bond motifs is 2. The first kappa shape index (κ1) is 22.3. The van der Waals surface area contributed by atoms with E-state index in [4.69, 9.17) is 0 Å². The van der Waals surface area contributed by atoms with Crippen LogP contribution in [0.4, 0.5) is 5.69 Å². The van der Waals surface area contributed by atoms with Gasteiger partial charge in [0.2, 0.25) is 5.91 Å². The number of nitrogens with zero attached hydrogens (tertiary/aromatic N) is 4. The summed E-state index contributed by atoms with van der Waals surface area (Å²) in [6, 6.07) is 11.6. The van der Waals surface area contributed by atoms with Crippen LogP contribution in [0.5, 0.6) is 0 Å². The summed E-state index contributed by atoms with van der Waals surface area (Å²) < 4.78 is 29.2. The molecule has 34 heavy (non-hydrogen) atoms. The molecule has 0 spiro atoms. The molecule has 0 radical (unpaired) electrons. The zero-order chi connectivity index (χ0) is 23.9. The third-order valence-electron chi connectivity index (χ3n) is 6.23. The van der Waals surface area contributed by atoms with Crippen molar-refractivity contribution in [3.8, 4) is 11.4 Å². The molecular weight excluding hydrogens is 452 g/mol. The van der Waals surface area contributed by atoms with Gasteiger partial charge in [-0.3, -0.25) is 14.5 Å². The van der Waals surface area contributed by atoms with Gasteiger partial charge in [-0.15, -0.1) is 10.2 Å². The second-order valence-corrected chi connectivity index (χ2v) is 10.3. The van der Waals surface area contributed by atoms with Crippen LogP contribution in [0.25, 0.3) is 11.4 Å². The average molecular weight is 479 g/mol. The largest absolute Gasteiger partial charge is 0.324 e. The van der Waals surface area contributed by atoms with Crippen LogP contribution in [0.1, 0.15) is 43.1 Å². The molecule has 0 unspecified atom stereocenters. The van der Waals surface area contributed by atoms with Crippen molar-refractivity contribution in [2.24, 2.45) is 4.99 Å². The van der Waals surface area contributed by atoms with Crippen molar-refractivity contribution in [2.75, 3.05) is 5.32 Å². The first-order chi connectivity index (χ1) is 16.3. The van der Waals surface area contributed by atoms with Crippen molar-refractivity contribution in [3.05, 3.63) is 59.4 Å². The Hall–Kier alpha value is -3.53. The highest BCUT2D eigenvalue weighted by molar-refractivity contribution is 7.90. The number of sulfonamides is 1. The Morgan fingerprint density at radius 1 is 1.15 bits per heavy atom. The van der Waals surface area contributed by atoms with Crippen molar-refractivity contribution >= 4 is 27.5 Å². The Kier molecular flexibility index (Phi) is 5.68. The molecule has 176 valence electrons. The minimum atomic E-state index is -3.66. The summed E-state index contributed by atoms with van der Waals surface area (Å²) in [5.74, 6) is 1.64. The molecule has 1 atom stereocenters. The summed E-state index contributed by atoms with van der Waals surface area (Å²) in [7, 11) is -3.66. The van der Waals surface area contributed by atoms with Crippen LogP contribution in [0.2, 0.25) is 0 Å². The SMILES string of the molecule is Cc1ccc(-c2nnc3n2CCCCC3)cc1NC(=O)[C@H](C)N=C1NS(=O)(=O)c2ccccc21. The molecule has 10 heteroatoms. The topological polar surface area (TPSA) is 118 Å². The third kappa shape index (κ3) is 4.09. The van der Waals surface area contributed by atoms with Gasteiger partial charge < -0.3 is 9.88 Å². The lowest BCUT2D eigenvalue weighted by atomic mass is 10.1. The van der Waals surface area contributed by atoms with Crippen molar-refractivity contribution in [3.63, 3.8) is 0 Å². The quantitative estimate of drug-likeness (QED) is 0.598. The Morgan fingerprint density at radius 2 is 1.97 bits per heavy atom. The molecule has 5 rings (SSSR count). The fourth-order valence-corrected chi connectivity index (χ4v) is 5.55. The Bertz CT molecular complexity index is 1410. The fourth-order valence-electron chi connectivity index (χ4n) is 4.31. The van der Waals surface area contributed by atoms with E-state index in [2.05, 4.69) is 29.8 Å². The number of aryl methyl sites for hydroxylation is 2. The number of rotatable bonds is 4. The lowest BCUT2D eigenvalue weighted by Gasteiger charge is -2.14. The minimum Gasteiger partial charge on any atom is -0.324 e. The number of carbonyl (C=O) groups excluding carboxylic acids is 1. The van der Waals surface area contributed by atoms with Crippen LogP contribution in [0.3, 0.4) is 0 Å². The van der Waals surface area contributed by atoms with E-state index in [1.165, 1.54) is 12.5 Å². The van der Waals surface area contributed by atoms with Gasteiger partial charge in [-0.2, -0.15) is 0 Å². The highest BCUT2D eigenvalue weighted by Gasteiger charge is 2.31. The van der Waals surface area contributed by atoms with Crippen molar-refractivity contribution < 1.29 is 13.2 Å². The van der Waals surface area contributed by atoms with Gasteiger partial charge >= 0.3 is 0 Å². The van der Waals surface area contributed by atoms with Crippen LogP contribution in [0, 0.1) is 6.92 Å². The number of hydrogen-bond donors (Lipinski definition) is 2. The van der Waals surface area contributed by atoms with E-state index in [1.807, 2.05) is 25.1 Å². The molecule has 2 aromatic carbocycles. The Morgan fingerprint density at radius 3 is 2.82 bits per heavy atom. The van der Waals surface area contributed by atoms with E-state index >= 15 is 0 Å². The number of carbonyl (C=O) groups is 1. The summed E-state index contributed by atoms with van der Waals surface area (Å²) in [5, 5.41) is 11.7. The molecular formula is C24H26N6O3S. The molecule has 2 aliphatic heterocycles. The molecule has 2 aliphatic rings. The first-order valence-electron chi connectivity index (χ1n) is 11.4. The van der Waals surface area contributed by atoms with E-state index < -0.39 is 16.1 Å². The van der Waals surface area contributed by atoms with Crippen LogP contribution in [0.15, 0.2) is 52.4 Å². The number of aliphatic imine (C=N–C) groups is 1. The lowest BCUT2D eigenvalue weighted by molar-refractivity contribution is -0.117. The van der Waals surface area contributed by atoms with Gasteiger partial charge in [0.1, 0.15) is 17.7 Å². The number of hydrogen-bond acceptors (Lipinski definition) is 6. The van der Waals surface area contributed by atoms with Gasteiger partial charge in [-0.1, -0.05) is 30.7 Å². The molecule has 0 bridgehead atoms. The average Bonchev–Trinajstić information content (AvgIpc) is 3.22. The summed E-state index contributed by atoms with van der Waals surface area (Å²) in [6.07, 6.45) is 4.32. The van der Waals surface area contributed by atoms with E-state index in [0.717, 1.165) is 48.6 Å². The Balaban J connectivity index is 1.39. The van der Waals surface area contributed by atoms with Crippen molar-refractivity contribution in [2.45, 2.75) is 57.0 Å². The van der Waals surface area contributed by atoms with Gasteiger partial charge in [-0.05, 0) is 50.5 Å². The van der Waals surface area contributed by atoms with Gasteiger partial charge in [0.05, 0.1) is 4.90 Å². The molecule has 0 fully saturated rings. The molecule has 9 nitrogen and oxygen atoms in total. The summed E-state index contributed by atoms with van der Waals surface area (Å²) in [4.78, 5) is 17.5. The maximum absolute atomic E-state index is 13.0. The molecule has 0 saturated carbocycles. The number of amides is 1. The van der Waals surface area contributed by atoms with Gasteiger partial charge in [0, 0.05) is 29.8 Å². The van der Waals surface area contributed by atoms with Crippen LogP contribution < -0.4 is 10.0 Å².